The molecule has 5 nitrogen and oxygen atoms in total. The standard InChI is InChI=1S/C14H16N2O3/c1-9(2)12-7-16-13(19-12)8-18-11-6-4-3-5-10(11)14(15)17/h3-7,9H,8H2,1-2H3,(H2,15,17). The van der Waals surface area contributed by atoms with Gasteiger partial charge in [0.05, 0.1) is 11.8 Å². The van der Waals surface area contributed by atoms with Gasteiger partial charge in [0.1, 0.15) is 11.5 Å². The van der Waals surface area contributed by atoms with E-state index in [0.717, 1.165) is 5.76 Å². The second kappa shape index (κ2) is 5.56. The van der Waals surface area contributed by atoms with E-state index < -0.39 is 5.91 Å². The molecule has 0 radical (unpaired) electrons. The number of hydrogen-bond donors (Lipinski definition) is 1. The van der Waals surface area contributed by atoms with E-state index in [9.17, 15) is 4.79 Å². The van der Waals surface area contributed by atoms with Crippen LogP contribution in [0, 0.1) is 0 Å². The van der Waals surface area contributed by atoms with E-state index in [2.05, 4.69) is 4.98 Å². The van der Waals surface area contributed by atoms with Gasteiger partial charge in [-0.3, -0.25) is 4.79 Å². The summed E-state index contributed by atoms with van der Waals surface area (Å²) in [6.45, 7) is 4.21. The normalized spacial score (nSPS) is 10.7. The van der Waals surface area contributed by atoms with Crippen molar-refractivity contribution in [2.24, 2.45) is 5.73 Å². The van der Waals surface area contributed by atoms with Crippen molar-refractivity contribution in [2.75, 3.05) is 0 Å². The fraction of sp³-hybridized carbons (Fsp3) is 0.286. The van der Waals surface area contributed by atoms with Gasteiger partial charge in [-0.15, -0.1) is 0 Å². The topological polar surface area (TPSA) is 78.4 Å². The molecule has 0 aliphatic heterocycles. The number of nitrogens with two attached hydrogens (primary N) is 1. The zero-order chi connectivity index (χ0) is 13.8. The Balaban J connectivity index is 2.08. The van der Waals surface area contributed by atoms with Crippen LogP contribution in [0.3, 0.4) is 0 Å². The third-order valence-electron chi connectivity index (χ3n) is 2.64. The molecule has 2 aromatic rings. The third kappa shape index (κ3) is 3.13. The van der Waals surface area contributed by atoms with Crippen molar-refractivity contribution in [1.29, 1.82) is 0 Å². The van der Waals surface area contributed by atoms with Crippen LogP contribution in [0.15, 0.2) is 34.9 Å². The number of ether oxygens (including phenoxy) is 1. The molecule has 0 fully saturated rings. The van der Waals surface area contributed by atoms with Crippen LogP contribution in [0.5, 0.6) is 5.75 Å². The Labute approximate surface area is 111 Å². The average Bonchev–Trinajstić information content (AvgIpc) is 2.85. The lowest BCUT2D eigenvalue weighted by Crippen LogP contribution is -2.12. The quantitative estimate of drug-likeness (QED) is 0.895. The van der Waals surface area contributed by atoms with E-state index >= 15 is 0 Å². The summed E-state index contributed by atoms with van der Waals surface area (Å²) in [5.74, 6) is 1.47. The minimum absolute atomic E-state index is 0.164. The molecule has 0 spiro atoms. The molecule has 0 unspecified atom stereocenters. The zero-order valence-electron chi connectivity index (χ0n) is 10.9. The van der Waals surface area contributed by atoms with Crippen molar-refractivity contribution in [3.05, 3.63) is 47.7 Å². The number of carbonyl (C=O) groups is 1. The first-order chi connectivity index (χ1) is 9.08. The fourth-order valence-corrected chi connectivity index (χ4v) is 1.59. The largest absolute Gasteiger partial charge is 0.483 e. The van der Waals surface area contributed by atoms with E-state index in [1.54, 1.807) is 30.5 Å². The Morgan fingerprint density at radius 1 is 1.42 bits per heavy atom. The second-order valence-corrected chi connectivity index (χ2v) is 4.46. The van der Waals surface area contributed by atoms with Crippen molar-refractivity contribution < 1.29 is 13.9 Å². The maximum absolute atomic E-state index is 11.2. The van der Waals surface area contributed by atoms with Crippen LogP contribution in [0.1, 0.15) is 41.8 Å². The van der Waals surface area contributed by atoms with Crippen LogP contribution in [-0.2, 0) is 6.61 Å². The SMILES string of the molecule is CC(C)c1cnc(COc2ccccc2C(N)=O)o1. The van der Waals surface area contributed by atoms with Crippen molar-refractivity contribution in [3.63, 3.8) is 0 Å². The van der Waals surface area contributed by atoms with Gasteiger partial charge in [0.25, 0.3) is 5.91 Å². The van der Waals surface area contributed by atoms with Crippen molar-refractivity contribution >= 4 is 5.91 Å². The van der Waals surface area contributed by atoms with E-state index in [0.29, 0.717) is 17.2 Å². The molecule has 1 aromatic carbocycles. The summed E-state index contributed by atoms with van der Waals surface area (Å²) < 4.78 is 11.0. The van der Waals surface area contributed by atoms with Crippen molar-refractivity contribution in [2.45, 2.75) is 26.4 Å². The minimum Gasteiger partial charge on any atom is -0.483 e. The molecule has 0 saturated heterocycles. The molecule has 2 rings (SSSR count). The number of para-hydroxylation sites is 1. The lowest BCUT2D eigenvalue weighted by atomic mass is 10.2. The highest BCUT2D eigenvalue weighted by molar-refractivity contribution is 5.95. The molecular formula is C14H16N2O3. The summed E-state index contributed by atoms with van der Waals surface area (Å²) in [5, 5.41) is 0. The first-order valence-corrected chi connectivity index (χ1v) is 6.04. The van der Waals surface area contributed by atoms with Crippen molar-refractivity contribution in [1.82, 2.24) is 4.98 Å². The maximum atomic E-state index is 11.2. The van der Waals surface area contributed by atoms with Crippen LogP contribution < -0.4 is 10.5 Å². The molecule has 0 aliphatic rings. The lowest BCUT2D eigenvalue weighted by molar-refractivity contribution is 0.0995. The van der Waals surface area contributed by atoms with Gasteiger partial charge in [0, 0.05) is 5.92 Å². The van der Waals surface area contributed by atoms with Gasteiger partial charge in [0.2, 0.25) is 5.89 Å². The number of amides is 1. The summed E-state index contributed by atoms with van der Waals surface area (Å²) in [4.78, 5) is 15.3. The molecule has 5 heteroatoms. The average molecular weight is 260 g/mol. The Kier molecular flexibility index (Phi) is 3.85. The summed E-state index contributed by atoms with van der Waals surface area (Å²) >= 11 is 0. The van der Waals surface area contributed by atoms with Gasteiger partial charge >= 0.3 is 0 Å². The minimum atomic E-state index is -0.522. The fourth-order valence-electron chi connectivity index (χ4n) is 1.59. The van der Waals surface area contributed by atoms with Crippen molar-refractivity contribution in [3.8, 4) is 5.75 Å². The number of hydrogen-bond acceptors (Lipinski definition) is 4. The highest BCUT2D eigenvalue weighted by Crippen LogP contribution is 2.20. The zero-order valence-corrected chi connectivity index (χ0v) is 10.9. The number of nitrogens with zero attached hydrogens (tertiary/aromatic N) is 1. The molecule has 0 saturated carbocycles. The monoisotopic (exact) mass is 260 g/mol. The Hall–Kier alpha value is -2.30. The smallest absolute Gasteiger partial charge is 0.252 e. The van der Waals surface area contributed by atoms with Gasteiger partial charge < -0.3 is 14.9 Å². The van der Waals surface area contributed by atoms with Crippen LogP contribution in [-0.4, -0.2) is 10.9 Å². The Morgan fingerprint density at radius 3 is 2.79 bits per heavy atom. The van der Waals surface area contributed by atoms with Gasteiger partial charge in [0.15, 0.2) is 6.61 Å². The van der Waals surface area contributed by atoms with Gasteiger partial charge in [-0.25, -0.2) is 4.98 Å². The van der Waals surface area contributed by atoms with E-state index in [1.807, 2.05) is 13.8 Å². The Bertz CT molecular complexity index is 576. The van der Waals surface area contributed by atoms with E-state index in [4.69, 9.17) is 14.9 Å². The third-order valence-corrected chi connectivity index (χ3v) is 2.64. The summed E-state index contributed by atoms with van der Waals surface area (Å²) in [6, 6.07) is 6.81. The molecule has 0 aliphatic carbocycles. The van der Waals surface area contributed by atoms with Crippen LogP contribution in [0.4, 0.5) is 0 Å². The summed E-state index contributed by atoms with van der Waals surface area (Å²) in [7, 11) is 0. The second-order valence-electron chi connectivity index (χ2n) is 4.46. The molecule has 1 heterocycles. The van der Waals surface area contributed by atoms with E-state index in [-0.39, 0.29) is 12.5 Å². The number of benzene rings is 1. The summed E-state index contributed by atoms with van der Waals surface area (Å²) in [5.41, 5.74) is 5.61. The number of rotatable bonds is 5. The molecule has 2 N–H and O–H groups in total. The molecular weight excluding hydrogens is 244 g/mol. The first kappa shape index (κ1) is 13.1. The number of carbonyl (C=O) groups excluding carboxylic acids is 1. The van der Waals surface area contributed by atoms with Gasteiger partial charge in [-0.05, 0) is 12.1 Å². The Morgan fingerprint density at radius 2 is 2.16 bits per heavy atom. The molecule has 0 atom stereocenters. The van der Waals surface area contributed by atoms with Gasteiger partial charge in [-0.1, -0.05) is 26.0 Å². The number of aromatic nitrogens is 1. The van der Waals surface area contributed by atoms with Gasteiger partial charge in [-0.2, -0.15) is 0 Å². The first-order valence-electron chi connectivity index (χ1n) is 6.04. The van der Waals surface area contributed by atoms with Crippen LogP contribution in [0.25, 0.3) is 0 Å². The highest BCUT2D eigenvalue weighted by Gasteiger charge is 2.11. The summed E-state index contributed by atoms with van der Waals surface area (Å²) in [6.07, 6.45) is 1.68. The van der Waals surface area contributed by atoms with E-state index in [1.165, 1.54) is 0 Å². The molecule has 0 bridgehead atoms. The predicted molar refractivity (Wildman–Crippen MR) is 69.9 cm³/mol. The molecule has 100 valence electrons. The maximum Gasteiger partial charge on any atom is 0.252 e. The molecule has 1 amide bonds. The molecule has 1 aromatic heterocycles. The van der Waals surface area contributed by atoms with Crippen LogP contribution >= 0.6 is 0 Å². The lowest BCUT2D eigenvalue weighted by Gasteiger charge is -2.07. The molecule has 19 heavy (non-hydrogen) atoms. The van der Waals surface area contributed by atoms with Crippen LogP contribution in [0.2, 0.25) is 0 Å². The predicted octanol–water partition coefficient (Wildman–Crippen LogP) is 2.48. The highest BCUT2D eigenvalue weighted by atomic mass is 16.5. The number of oxazole rings is 1. The number of primary amides is 1.